The van der Waals surface area contributed by atoms with Crippen LogP contribution >= 0.6 is 24.0 Å². The van der Waals surface area contributed by atoms with Gasteiger partial charge in [-0.2, -0.15) is 0 Å². The summed E-state index contributed by atoms with van der Waals surface area (Å²) in [4.78, 5) is 31.6. The Labute approximate surface area is 192 Å². The van der Waals surface area contributed by atoms with Gasteiger partial charge in [-0.05, 0) is 42.3 Å². The van der Waals surface area contributed by atoms with Crippen LogP contribution in [0.5, 0.6) is 0 Å². The van der Waals surface area contributed by atoms with Gasteiger partial charge >= 0.3 is 0 Å². The molecule has 0 bridgehead atoms. The second kappa shape index (κ2) is 10.4. The van der Waals surface area contributed by atoms with Crippen LogP contribution in [-0.4, -0.2) is 38.6 Å². The van der Waals surface area contributed by atoms with Crippen LogP contribution in [0.25, 0.3) is 0 Å². The van der Waals surface area contributed by atoms with Crippen molar-refractivity contribution in [2.75, 3.05) is 17.3 Å². The maximum Gasteiger partial charge on any atom is 0.274 e. The van der Waals surface area contributed by atoms with E-state index in [1.54, 1.807) is 24.3 Å². The third kappa shape index (κ3) is 5.75. The smallest absolute Gasteiger partial charge is 0.274 e. The van der Waals surface area contributed by atoms with E-state index in [1.807, 2.05) is 6.92 Å². The first kappa shape index (κ1) is 25.1. The first-order chi connectivity index (χ1) is 14.2. The Morgan fingerprint density at radius 3 is 2.58 bits per heavy atom. The lowest BCUT2D eigenvalue weighted by Crippen LogP contribution is -2.45. The molecule has 1 aliphatic rings. The monoisotopic (exact) mass is 487 g/mol. The summed E-state index contributed by atoms with van der Waals surface area (Å²) >= 11 is 5.92. The van der Waals surface area contributed by atoms with Crippen molar-refractivity contribution in [1.29, 1.82) is 0 Å². The number of halogens is 2. The summed E-state index contributed by atoms with van der Waals surface area (Å²) in [6.07, 6.45) is 0.712. The summed E-state index contributed by atoms with van der Waals surface area (Å²) in [6, 6.07) is 9.65. The number of benzene rings is 2. The number of carbonyl (C=O) groups is 2. The van der Waals surface area contributed by atoms with E-state index in [0.29, 0.717) is 18.1 Å². The minimum atomic E-state index is -3.83. The minimum Gasteiger partial charge on any atom is -0.319 e. The van der Waals surface area contributed by atoms with Crippen molar-refractivity contribution in [2.24, 2.45) is 5.73 Å². The Morgan fingerprint density at radius 1 is 1.26 bits per heavy atom. The Morgan fingerprint density at radius 2 is 1.94 bits per heavy atom. The molecule has 1 aliphatic heterocycles. The number of hydroxylamine groups is 1. The van der Waals surface area contributed by atoms with Gasteiger partial charge in [0.05, 0.1) is 35.5 Å². The van der Waals surface area contributed by atoms with E-state index in [0.717, 1.165) is 5.56 Å². The fourth-order valence-corrected chi connectivity index (χ4v) is 4.75. The molecule has 0 fully saturated rings. The number of carbonyl (C=O) groups excluding carboxylic acids is 2. The lowest BCUT2D eigenvalue weighted by molar-refractivity contribution is -0.119. The molecule has 8 nitrogen and oxygen atoms in total. The van der Waals surface area contributed by atoms with Crippen molar-refractivity contribution < 1.29 is 22.8 Å². The summed E-state index contributed by atoms with van der Waals surface area (Å²) in [5, 5.41) is 0.534. The largest absolute Gasteiger partial charge is 0.319 e. The van der Waals surface area contributed by atoms with E-state index in [4.69, 9.17) is 22.2 Å². The molecule has 3 N–H and O–H groups in total. The first-order valence-corrected chi connectivity index (χ1v) is 11.4. The molecule has 0 spiro atoms. The van der Waals surface area contributed by atoms with Gasteiger partial charge in [-0.3, -0.25) is 14.4 Å². The molecule has 2 aromatic carbocycles. The molecule has 31 heavy (non-hydrogen) atoms. The Balaban J connectivity index is 0.00000341. The van der Waals surface area contributed by atoms with Gasteiger partial charge in [0.25, 0.3) is 5.91 Å². The van der Waals surface area contributed by atoms with E-state index in [-0.39, 0.29) is 35.1 Å². The second-order valence-electron chi connectivity index (χ2n) is 6.90. The average Bonchev–Trinajstić information content (AvgIpc) is 2.78. The van der Waals surface area contributed by atoms with Crippen molar-refractivity contribution in [3.05, 3.63) is 58.6 Å². The average molecular weight is 488 g/mol. The van der Waals surface area contributed by atoms with E-state index in [9.17, 15) is 18.0 Å². The number of hydrogen-bond donors (Lipinski definition) is 2. The zero-order valence-electron chi connectivity index (χ0n) is 16.7. The number of anilines is 1. The predicted molar refractivity (Wildman–Crippen MR) is 120 cm³/mol. The predicted octanol–water partition coefficient (Wildman–Crippen LogP) is 2.48. The highest BCUT2D eigenvalue weighted by atomic mass is 35.5. The molecule has 1 heterocycles. The Hall–Kier alpha value is -2.17. The van der Waals surface area contributed by atoms with Gasteiger partial charge in [-0.15, -0.1) is 12.4 Å². The highest BCUT2D eigenvalue weighted by molar-refractivity contribution is 7.91. The number of nitrogens with zero attached hydrogens (tertiary/aromatic N) is 1. The van der Waals surface area contributed by atoms with Crippen molar-refractivity contribution in [1.82, 2.24) is 5.48 Å². The highest BCUT2D eigenvalue weighted by Crippen LogP contribution is 2.32. The molecule has 3 rings (SSSR count). The molecule has 2 aromatic rings. The van der Waals surface area contributed by atoms with Crippen LogP contribution in [0.15, 0.2) is 47.4 Å². The molecule has 11 heteroatoms. The summed E-state index contributed by atoms with van der Waals surface area (Å²) in [6.45, 7) is 2.30. The van der Waals surface area contributed by atoms with Gasteiger partial charge < -0.3 is 10.6 Å². The SMILES string of the molecule is CCCONC(=O)c1ccc2c(c1)N(Cc1ccc(Cl)cc1)C(=O)[C@@H](N)CS2(=O)=O.Cl. The molecular weight excluding hydrogens is 465 g/mol. The van der Waals surface area contributed by atoms with Crippen LogP contribution in [0.4, 0.5) is 5.69 Å². The Kier molecular flexibility index (Phi) is 8.44. The van der Waals surface area contributed by atoms with Crippen LogP contribution in [0, 0.1) is 0 Å². The highest BCUT2D eigenvalue weighted by Gasteiger charge is 2.36. The fourth-order valence-electron chi connectivity index (χ4n) is 3.06. The molecular formula is C20H23Cl2N3O5S. The number of fused-ring (bicyclic) bond motifs is 1. The molecule has 0 unspecified atom stereocenters. The van der Waals surface area contributed by atoms with Crippen molar-refractivity contribution in [3.8, 4) is 0 Å². The number of amides is 2. The normalized spacial score (nSPS) is 17.3. The molecule has 0 aromatic heterocycles. The van der Waals surface area contributed by atoms with Crippen molar-refractivity contribution in [3.63, 3.8) is 0 Å². The fraction of sp³-hybridized carbons (Fsp3) is 0.300. The lowest BCUT2D eigenvalue weighted by atomic mass is 10.1. The zero-order valence-corrected chi connectivity index (χ0v) is 19.1. The number of nitrogens with one attached hydrogen (secondary N) is 1. The van der Waals surface area contributed by atoms with Gasteiger partial charge in [0.2, 0.25) is 5.91 Å². The van der Waals surface area contributed by atoms with Crippen molar-refractivity contribution >= 4 is 51.3 Å². The van der Waals surface area contributed by atoms with E-state index < -0.39 is 33.4 Å². The van der Waals surface area contributed by atoms with E-state index in [2.05, 4.69) is 5.48 Å². The molecule has 2 amide bonds. The third-order valence-electron chi connectivity index (χ3n) is 4.55. The van der Waals surface area contributed by atoms with Crippen LogP contribution in [0.2, 0.25) is 5.02 Å². The number of nitrogens with two attached hydrogens (primary N) is 1. The van der Waals surface area contributed by atoms with E-state index in [1.165, 1.54) is 23.1 Å². The standard InChI is InChI=1S/C20H22ClN3O5S.ClH/c1-2-9-29-23-19(25)14-5-8-18-17(10-14)24(11-13-3-6-15(21)7-4-13)20(26)16(22)12-30(18,27)28;/h3-8,10,16H,2,9,11-12,22H2,1H3,(H,23,25);1H/t16-;/m0./s1. The molecule has 0 aliphatic carbocycles. The number of hydrogen-bond acceptors (Lipinski definition) is 6. The Bertz CT molecular complexity index is 1060. The van der Waals surface area contributed by atoms with Crippen molar-refractivity contribution in [2.45, 2.75) is 30.8 Å². The zero-order chi connectivity index (χ0) is 21.9. The van der Waals surface area contributed by atoms with Gasteiger partial charge in [0.1, 0.15) is 0 Å². The summed E-state index contributed by atoms with van der Waals surface area (Å²) in [5.74, 6) is -1.61. The molecule has 0 radical (unpaired) electrons. The van der Waals surface area contributed by atoms with Gasteiger partial charge in [0, 0.05) is 10.6 Å². The van der Waals surface area contributed by atoms with Crippen LogP contribution in [0.1, 0.15) is 29.3 Å². The topological polar surface area (TPSA) is 119 Å². The van der Waals surface area contributed by atoms with Gasteiger partial charge in [0.15, 0.2) is 9.84 Å². The third-order valence-corrected chi connectivity index (χ3v) is 6.62. The van der Waals surface area contributed by atoms with Crippen LogP contribution in [-0.2, 0) is 26.0 Å². The first-order valence-electron chi connectivity index (χ1n) is 9.33. The maximum absolute atomic E-state index is 12.9. The quantitative estimate of drug-likeness (QED) is 0.477. The lowest BCUT2D eigenvalue weighted by Gasteiger charge is -2.24. The number of rotatable bonds is 6. The summed E-state index contributed by atoms with van der Waals surface area (Å²) in [7, 11) is -3.83. The number of sulfone groups is 1. The summed E-state index contributed by atoms with van der Waals surface area (Å²) < 4.78 is 25.6. The molecule has 168 valence electrons. The molecule has 0 saturated carbocycles. The van der Waals surface area contributed by atoms with E-state index >= 15 is 0 Å². The van der Waals surface area contributed by atoms with Gasteiger partial charge in [-0.1, -0.05) is 30.7 Å². The summed E-state index contributed by atoms with van der Waals surface area (Å²) in [5.41, 5.74) is 9.18. The minimum absolute atomic E-state index is 0. The van der Waals surface area contributed by atoms with Crippen LogP contribution in [0.3, 0.4) is 0 Å². The molecule has 1 atom stereocenters. The molecule has 0 saturated heterocycles. The van der Waals surface area contributed by atoms with Gasteiger partial charge in [-0.25, -0.2) is 13.9 Å². The van der Waals surface area contributed by atoms with Crippen LogP contribution < -0.4 is 16.1 Å². The second-order valence-corrected chi connectivity index (χ2v) is 9.34. The maximum atomic E-state index is 12.9.